The molecule has 1 aliphatic heterocycles. The van der Waals surface area contributed by atoms with E-state index in [0.29, 0.717) is 5.56 Å². The molecular weight excluding hydrogens is 236 g/mol. The van der Waals surface area contributed by atoms with Crippen LogP contribution in [0, 0.1) is 0 Å². The van der Waals surface area contributed by atoms with Crippen molar-refractivity contribution in [2.45, 2.75) is 32.6 Å². The van der Waals surface area contributed by atoms with Crippen LogP contribution >= 0.6 is 0 Å². The molecule has 2 heterocycles. The van der Waals surface area contributed by atoms with Gasteiger partial charge in [-0.2, -0.15) is 0 Å². The molecule has 1 aromatic rings. The SMILES string of the molecule is CC(=O)c1ccc(/C2=C\CCN(C)CCCC2)nc1. The summed E-state index contributed by atoms with van der Waals surface area (Å²) in [7, 11) is 2.18. The molecule has 0 fully saturated rings. The first kappa shape index (κ1) is 13.9. The molecule has 3 heteroatoms. The molecule has 102 valence electrons. The number of carbonyl (C=O) groups excluding carboxylic acids is 1. The van der Waals surface area contributed by atoms with Gasteiger partial charge in [-0.1, -0.05) is 6.08 Å². The molecule has 0 N–H and O–H groups in total. The van der Waals surface area contributed by atoms with E-state index in [0.717, 1.165) is 25.1 Å². The maximum atomic E-state index is 11.3. The summed E-state index contributed by atoms with van der Waals surface area (Å²) >= 11 is 0. The van der Waals surface area contributed by atoms with Crippen molar-refractivity contribution in [2.24, 2.45) is 0 Å². The lowest BCUT2D eigenvalue weighted by Gasteiger charge is -2.13. The van der Waals surface area contributed by atoms with Crippen LogP contribution in [0.5, 0.6) is 0 Å². The normalized spacial score (nSPS) is 20.8. The van der Waals surface area contributed by atoms with E-state index in [2.05, 4.69) is 23.0 Å². The topological polar surface area (TPSA) is 33.2 Å². The van der Waals surface area contributed by atoms with E-state index in [1.54, 1.807) is 13.1 Å². The van der Waals surface area contributed by atoms with Gasteiger partial charge in [0, 0.05) is 18.3 Å². The molecule has 0 saturated carbocycles. The predicted octanol–water partition coefficient (Wildman–Crippen LogP) is 3.17. The summed E-state index contributed by atoms with van der Waals surface area (Å²) in [6.07, 6.45) is 8.59. The van der Waals surface area contributed by atoms with Gasteiger partial charge in [-0.15, -0.1) is 0 Å². The van der Waals surface area contributed by atoms with Crippen molar-refractivity contribution < 1.29 is 4.79 Å². The third-order valence-corrected chi connectivity index (χ3v) is 3.64. The summed E-state index contributed by atoms with van der Waals surface area (Å²) in [6, 6.07) is 3.86. The van der Waals surface area contributed by atoms with Crippen molar-refractivity contribution in [3.8, 4) is 0 Å². The second kappa shape index (κ2) is 6.62. The first-order valence-electron chi connectivity index (χ1n) is 7.02. The number of carbonyl (C=O) groups is 1. The van der Waals surface area contributed by atoms with Gasteiger partial charge in [-0.25, -0.2) is 0 Å². The monoisotopic (exact) mass is 258 g/mol. The zero-order valence-corrected chi connectivity index (χ0v) is 11.9. The summed E-state index contributed by atoms with van der Waals surface area (Å²) in [5.41, 5.74) is 3.03. The molecule has 0 amide bonds. The Morgan fingerprint density at radius 1 is 1.26 bits per heavy atom. The van der Waals surface area contributed by atoms with E-state index in [-0.39, 0.29) is 5.78 Å². The minimum atomic E-state index is 0.0733. The number of aromatic nitrogens is 1. The fourth-order valence-corrected chi connectivity index (χ4v) is 2.39. The minimum absolute atomic E-state index is 0.0733. The molecule has 19 heavy (non-hydrogen) atoms. The Bertz CT molecular complexity index is 462. The van der Waals surface area contributed by atoms with Crippen molar-refractivity contribution in [1.29, 1.82) is 0 Å². The van der Waals surface area contributed by atoms with Crippen molar-refractivity contribution in [1.82, 2.24) is 9.88 Å². The Labute approximate surface area is 115 Å². The van der Waals surface area contributed by atoms with Crippen molar-refractivity contribution >= 4 is 11.4 Å². The van der Waals surface area contributed by atoms with Crippen molar-refractivity contribution in [3.05, 3.63) is 35.7 Å². The molecule has 3 nitrogen and oxygen atoms in total. The fraction of sp³-hybridized carbons (Fsp3) is 0.500. The predicted molar refractivity (Wildman–Crippen MR) is 78.2 cm³/mol. The summed E-state index contributed by atoms with van der Waals surface area (Å²) in [5.74, 6) is 0.0733. The van der Waals surface area contributed by atoms with E-state index in [4.69, 9.17) is 0 Å². The Morgan fingerprint density at radius 3 is 2.79 bits per heavy atom. The lowest BCUT2D eigenvalue weighted by molar-refractivity contribution is 0.101. The van der Waals surface area contributed by atoms with E-state index in [1.807, 2.05) is 12.1 Å². The molecule has 0 atom stereocenters. The van der Waals surface area contributed by atoms with Gasteiger partial charge >= 0.3 is 0 Å². The molecule has 0 spiro atoms. The molecule has 0 aromatic carbocycles. The van der Waals surface area contributed by atoms with Crippen LogP contribution in [0.25, 0.3) is 5.57 Å². The molecule has 1 aliphatic rings. The van der Waals surface area contributed by atoms with Gasteiger partial charge in [-0.05, 0) is 63.9 Å². The smallest absolute Gasteiger partial charge is 0.161 e. The number of pyridine rings is 1. The summed E-state index contributed by atoms with van der Waals surface area (Å²) in [6.45, 7) is 3.86. The largest absolute Gasteiger partial charge is 0.306 e. The van der Waals surface area contributed by atoms with E-state index in [9.17, 15) is 4.79 Å². The average Bonchev–Trinajstić information content (AvgIpc) is 2.51. The Morgan fingerprint density at radius 2 is 2.11 bits per heavy atom. The molecular formula is C16H22N2O. The van der Waals surface area contributed by atoms with Crippen molar-refractivity contribution in [2.75, 3.05) is 20.1 Å². The van der Waals surface area contributed by atoms with Crippen LogP contribution in [0.3, 0.4) is 0 Å². The zero-order valence-electron chi connectivity index (χ0n) is 11.9. The minimum Gasteiger partial charge on any atom is -0.306 e. The first-order chi connectivity index (χ1) is 9.16. The van der Waals surface area contributed by atoms with E-state index < -0.39 is 0 Å². The molecule has 0 bridgehead atoms. The molecule has 0 radical (unpaired) electrons. The highest BCUT2D eigenvalue weighted by Crippen LogP contribution is 2.21. The second-order valence-corrected chi connectivity index (χ2v) is 5.27. The van der Waals surface area contributed by atoms with E-state index in [1.165, 1.54) is 25.0 Å². The first-order valence-corrected chi connectivity index (χ1v) is 7.02. The number of allylic oxidation sites excluding steroid dienone is 1. The Balaban J connectivity index is 2.13. The van der Waals surface area contributed by atoms with Gasteiger partial charge in [0.1, 0.15) is 0 Å². The lowest BCUT2D eigenvalue weighted by Crippen LogP contribution is -2.19. The lowest BCUT2D eigenvalue weighted by atomic mass is 10.0. The molecule has 2 rings (SSSR count). The maximum Gasteiger partial charge on any atom is 0.161 e. The van der Waals surface area contributed by atoms with Gasteiger partial charge in [0.15, 0.2) is 5.78 Å². The number of ketones is 1. The van der Waals surface area contributed by atoms with Gasteiger partial charge in [0.2, 0.25) is 0 Å². The van der Waals surface area contributed by atoms with Crippen LogP contribution in [-0.4, -0.2) is 35.8 Å². The number of rotatable bonds is 2. The Kier molecular flexibility index (Phi) is 4.86. The van der Waals surface area contributed by atoms with Gasteiger partial charge in [0.25, 0.3) is 0 Å². The standard InChI is InChI=1S/C16H22N2O/c1-13(19)15-8-9-16(17-12-15)14-6-3-4-10-18(2)11-5-7-14/h7-9,12H,3-6,10-11H2,1-2H3/b14-7-. The molecule has 1 aromatic heterocycles. The number of hydrogen-bond acceptors (Lipinski definition) is 3. The van der Waals surface area contributed by atoms with Crippen LogP contribution in [0.2, 0.25) is 0 Å². The second-order valence-electron chi connectivity index (χ2n) is 5.27. The van der Waals surface area contributed by atoms with Crippen LogP contribution in [0.4, 0.5) is 0 Å². The summed E-state index contributed by atoms with van der Waals surface area (Å²) in [5, 5.41) is 0. The van der Waals surface area contributed by atoms with Crippen LogP contribution in [0.1, 0.15) is 48.7 Å². The average molecular weight is 258 g/mol. The molecule has 0 unspecified atom stereocenters. The van der Waals surface area contributed by atoms with Crippen LogP contribution < -0.4 is 0 Å². The third kappa shape index (κ3) is 4.00. The summed E-state index contributed by atoms with van der Waals surface area (Å²) < 4.78 is 0. The quantitative estimate of drug-likeness (QED) is 0.764. The number of Topliss-reactive ketones (excluding diaryl/α,β-unsaturated/α-hetero) is 1. The van der Waals surface area contributed by atoms with Gasteiger partial charge in [0.05, 0.1) is 5.69 Å². The summed E-state index contributed by atoms with van der Waals surface area (Å²) in [4.78, 5) is 18.1. The number of nitrogens with zero attached hydrogens (tertiary/aromatic N) is 2. The maximum absolute atomic E-state index is 11.3. The van der Waals surface area contributed by atoms with Crippen LogP contribution in [0.15, 0.2) is 24.4 Å². The zero-order chi connectivity index (χ0) is 13.7. The highest BCUT2D eigenvalue weighted by atomic mass is 16.1. The fourth-order valence-electron chi connectivity index (χ4n) is 2.39. The highest BCUT2D eigenvalue weighted by molar-refractivity contribution is 5.93. The van der Waals surface area contributed by atoms with E-state index >= 15 is 0 Å². The Hall–Kier alpha value is -1.48. The van der Waals surface area contributed by atoms with Crippen molar-refractivity contribution in [3.63, 3.8) is 0 Å². The molecule has 0 saturated heterocycles. The van der Waals surface area contributed by atoms with Crippen LogP contribution in [-0.2, 0) is 0 Å². The number of hydrogen-bond donors (Lipinski definition) is 0. The third-order valence-electron chi connectivity index (χ3n) is 3.64. The van der Waals surface area contributed by atoms with Gasteiger partial charge < -0.3 is 4.90 Å². The highest BCUT2D eigenvalue weighted by Gasteiger charge is 2.08. The molecule has 0 aliphatic carbocycles. The van der Waals surface area contributed by atoms with Gasteiger partial charge in [-0.3, -0.25) is 9.78 Å².